The first-order valence-electron chi connectivity index (χ1n) is 6.47. The van der Waals surface area contributed by atoms with E-state index < -0.39 is 11.6 Å². The molecule has 0 atom stereocenters. The van der Waals surface area contributed by atoms with Gasteiger partial charge in [0.25, 0.3) is 5.91 Å². The highest BCUT2D eigenvalue weighted by atomic mass is 19.2. The highest BCUT2D eigenvalue weighted by Gasteiger charge is 2.26. The van der Waals surface area contributed by atoms with Crippen LogP contribution in [0.3, 0.4) is 0 Å². The summed E-state index contributed by atoms with van der Waals surface area (Å²) in [5.41, 5.74) is 6.00. The summed E-state index contributed by atoms with van der Waals surface area (Å²) in [6, 6.07) is 3.57. The summed E-state index contributed by atoms with van der Waals surface area (Å²) in [5.74, 6) is -2.22. The fraction of sp³-hybridized carbons (Fsp3) is 0.500. The van der Waals surface area contributed by atoms with Gasteiger partial charge in [0, 0.05) is 24.7 Å². The number of nitrogens with two attached hydrogens (primary N) is 1. The second kappa shape index (κ2) is 5.65. The van der Waals surface area contributed by atoms with Gasteiger partial charge in [0.1, 0.15) is 0 Å². The first-order valence-corrected chi connectivity index (χ1v) is 6.47. The first-order chi connectivity index (χ1) is 8.99. The van der Waals surface area contributed by atoms with Crippen molar-refractivity contribution in [1.29, 1.82) is 0 Å². The molecule has 1 aliphatic carbocycles. The number of hydrogen-bond acceptors (Lipinski definition) is 2. The Kier molecular flexibility index (Phi) is 4.14. The minimum atomic E-state index is -0.995. The van der Waals surface area contributed by atoms with Crippen LogP contribution in [0.5, 0.6) is 0 Å². The molecule has 3 nitrogen and oxygen atoms in total. The molecule has 0 unspecified atom stereocenters. The van der Waals surface area contributed by atoms with Gasteiger partial charge in [-0.15, -0.1) is 0 Å². The molecule has 0 aromatic heterocycles. The van der Waals surface area contributed by atoms with Crippen LogP contribution >= 0.6 is 0 Å². The average molecular weight is 268 g/mol. The Hall–Kier alpha value is -1.49. The maximum Gasteiger partial charge on any atom is 0.253 e. The molecule has 104 valence electrons. The van der Waals surface area contributed by atoms with E-state index in [0.29, 0.717) is 0 Å². The third-order valence-corrected chi connectivity index (χ3v) is 3.78. The molecule has 19 heavy (non-hydrogen) atoms. The summed E-state index contributed by atoms with van der Waals surface area (Å²) in [6.07, 6.45) is 3.49. The maximum atomic E-state index is 13.1. The Bertz CT molecular complexity index is 471. The monoisotopic (exact) mass is 268 g/mol. The van der Waals surface area contributed by atoms with Crippen LogP contribution < -0.4 is 5.73 Å². The summed E-state index contributed by atoms with van der Waals surface area (Å²) in [6.45, 7) is 0. The van der Waals surface area contributed by atoms with Gasteiger partial charge < -0.3 is 10.6 Å². The Morgan fingerprint density at radius 2 is 1.84 bits per heavy atom. The lowest BCUT2D eigenvalue weighted by Crippen LogP contribution is -2.41. The van der Waals surface area contributed by atoms with Crippen LogP contribution in [0.1, 0.15) is 36.0 Å². The SMILES string of the molecule is CN(C(=O)c1ccc(F)c(F)c1)C1CCC(N)CC1. The summed E-state index contributed by atoms with van der Waals surface area (Å²) in [5, 5.41) is 0. The molecule has 1 aliphatic rings. The number of hydrogen-bond donors (Lipinski definition) is 1. The quantitative estimate of drug-likeness (QED) is 0.894. The Morgan fingerprint density at radius 3 is 2.42 bits per heavy atom. The van der Waals surface area contributed by atoms with E-state index in [1.54, 1.807) is 11.9 Å². The normalized spacial score (nSPS) is 23.2. The van der Waals surface area contributed by atoms with Crippen molar-refractivity contribution in [2.75, 3.05) is 7.05 Å². The van der Waals surface area contributed by atoms with Crippen molar-refractivity contribution in [1.82, 2.24) is 4.90 Å². The molecule has 0 saturated heterocycles. The molecule has 0 bridgehead atoms. The zero-order chi connectivity index (χ0) is 14.0. The van der Waals surface area contributed by atoms with Crippen molar-refractivity contribution < 1.29 is 13.6 Å². The summed E-state index contributed by atoms with van der Waals surface area (Å²) >= 11 is 0. The molecule has 1 saturated carbocycles. The Morgan fingerprint density at radius 1 is 1.21 bits per heavy atom. The second-order valence-corrected chi connectivity index (χ2v) is 5.11. The van der Waals surface area contributed by atoms with E-state index in [0.717, 1.165) is 37.8 Å². The molecule has 0 spiro atoms. The van der Waals surface area contributed by atoms with Crippen molar-refractivity contribution in [2.24, 2.45) is 5.73 Å². The van der Waals surface area contributed by atoms with E-state index >= 15 is 0 Å². The molecule has 1 fully saturated rings. The topological polar surface area (TPSA) is 46.3 Å². The van der Waals surface area contributed by atoms with Crippen molar-refractivity contribution in [3.63, 3.8) is 0 Å². The average Bonchev–Trinajstić information content (AvgIpc) is 2.41. The third-order valence-electron chi connectivity index (χ3n) is 3.78. The molecular formula is C14H18F2N2O. The largest absolute Gasteiger partial charge is 0.339 e. The molecule has 1 aromatic carbocycles. The molecule has 0 aliphatic heterocycles. The summed E-state index contributed by atoms with van der Waals surface area (Å²) in [4.78, 5) is 13.8. The lowest BCUT2D eigenvalue weighted by molar-refractivity contribution is 0.0689. The number of nitrogens with zero attached hydrogens (tertiary/aromatic N) is 1. The summed E-state index contributed by atoms with van der Waals surface area (Å²) in [7, 11) is 1.70. The van der Waals surface area contributed by atoms with Crippen LogP contribution in [0.15, 0.2) is 18.2 Å². The molecule has 1 aromatic rings. The van der Waals surface area contributed by atoms with E-state index in [1.807, 2.05) is 0 Å². The Labute approximate surface area is 111 Å². The zero-order valence-corrected chi connectivity index (χ0v) is 10.9. The van der Waals surface area contributed by atoms with Crippen LogP contribution in [0, 0.1) is 11.6 Å². The minimum absolute atomic E-state index is 0.125. The number of carbonyl (C=O) groups is 1. The van der Waals surface area contributed by atoms with Crippen LogP contribution in [0.2, 0.25) is 0 Å². The fourth-order valence-electron chi connectivity index (χ4n) is 2.49. The van der Waals surface area contributed by atoms with E-state index in [9.17, 15) is 13.6 Å². The smallest absolute Gasteiger partial charge is 0.253 e. The lowest BCUT2D eigenvalue weighted by Gasteiger charge is -2.33. The van der Waals surface area contributed by atoms with E-state index in [1.165, 1.54) is 6.07 Å². The minimum Gasteiger partial charge on any atom is -0.339 e. The molecular weight excluding hydrogens is 250 g/mol. The number of halogens is 2. The predicted octanol–water partition coefficient (Wildman–Crippen LogP) is 2.31. The molecule has 5 heteroatoms. The van der Waals surface area contributed by atoms with Crippen LogP contribution in [0.4, 0.5) is 8.78 Å². The van der Waals surface area contributed by atoms with E-state index in [4.69, 9.17) is 5.73 Å². The summed E-state index contributed by atoms with van der Waals surface area (Å²) < 4.78 is 26.0. The Balaban J connectivity index is 2.08. The molecule has 0 heterocycles. The standard InChI is InChI=1S/C14H18F2N2O/c1-18(11-5-3-10(17)4-6-11)14(19)9-2-7-12(15)13(16)8-9/h2,7-8,10-11H,3-6,17H2,1H3. The van der Waals surface area contributed by atoms with Gasteiger partial charge in [0.15, 0.2) is 11.6 Å². The predicted molar refractivity (Wildman–Crippen MR) is 68.7 cm³/mol. The number of amides is 1. The van der Waals surface area contributed by atoms with Gasteiger partial charge in [-0.05, 0) is 43.9 Å². The van der Waals surface area contributed by atoms with Crippen molar-refractivity contribution in [2.45, 2.75) is 37.8 Å². The van der Waals surface area contributed by atoms with Gasteiger partial charge >= 0.3 is 0 Å². The van der Waals surface area contributed by atoms with Crippen molar-refractivity contribution in [3.8, 4) is 0 Å². The number of benzene rings is 1. The first kappa shape index (κ1) is 13.9. The molecule has 2 rings (SSSR count). The fourth-order valence-corrected chi connectivity index (χ4v) is 2.49. The highest BCUT2D eigenvalue weighted by Crippen LogP contribution is 2.22. The van der Waals surface area contributed by atoms with E-state index in [-0.39, 0.29) is 23.6 Å². The molecule has 2 N–H and O–H groups in total. The van der Waals surface area contributed by atoms with Crippen molar-refractivity contribution >= 4 is 5.91 Å². The van der Waals surface area contributed by atoms with Crippen molar-refractivity contribution in [3.05, 3.63) is 35.4 Å². The zero-order valence-electron chi connectivity index (χ0n) is 10.9. The second-order valence-electron chi connectivity index (χ2n) is 5.11. The van der Waals surface area contributed by atoms with Crippen LogP contribution in [-0.4, -0.2) is 29.9 Å². The third kappa shape index (κ3) is 3.10. The van der Waals surface area contributed by atoms with Gasteiger partial charge in [0.05, 0.1) is 0 Å². The number of rotatable bonds is 2. The maximum absolute atomic E-state index is 13.1. The van der Waals surface area contributed by atoms with Gasteiger partial charge in [-0.1, -0.05) is 0 Å². The highest BCUT2D eigenvalue weighted by molar-refractivity contribution is 5.94. The number of carbonyl (C=O) groups excluding carboxylic acids is 1. The van der Waals surface area contributed by atoms with Gasteiger partial charge in [-0.3, -0.25) is 4.79 Å². The van der Waals surface area contributed by atoms with Gasteiger partial charge in [0.2, 0.25) is 0 Å². The van der Waals surface area contributed by atoms with Crippen LogP contribution in [0.25, 0.3) is 0 Å². The van der Waals surface area contributed by atoms with E-state index in [2.05, 4.69) is 0 Å². The lowest BCUT2D eigenvalue weighted by atomic mass is 9.90. The molecule has 1 amide bonds. The van der Waals surface area contributed by atoms with Gasteiger partial charge in [-0.25, -0.2) is 8.78 Å². The van der Waals surface area contributed by atoms with Crippen LogP contribution in [-0.2, 0) is 0 Å². The molecule has 0 radical (unpaired) electrons. The van der Waals surface area contributed by atoms with Gasteiger partial charge in [-0.2, -0.15) is 0 Å².